The van der Waals surface area contributed by atoms with E-state index in [9.17, 15) is 4.79 Å². The van der Waals surface area contributed by atoms with Crippen LogP contribution in [0.3, 0.4) is 0 Å². The van der Waals surface area contributed by atoms with E-state index in [1.807, 2.05) is 18.2 Å². The fraction of sp³-hybridized carbons (Fsp3) is 0.188. The van der Waals surface area contributed by atoms with Crippen molar-refractivity contribution < 1.29 is 9.53 Å². The number of hydrogen-bond acceptors (Lipinski definition) is 3. The number of methoxy groups -OCH3 is 1. The average Bonchev–Trinajstić information content (AvgIpc) is 2.49. The summed E-state index contributed by atoms with van der Waals surface area (Å²) in [5, 5.41) is 7.06. The Balaban J connectivity index is 1.88. The van der Waals surface area contributed by atoms with Gasteiger partial charge in [0.1, 0.15) is 5.75 Å². The third-order valence-electron chi connectivity index (χ3n) is 2.98. The first-order valence-corrected chi connectivity index (χ1v) is 7.47. The van der Waals surface area contributed by atoms with Gasteiger partial charge in [-0.15, -0.1) is 0 Å². The van der Waals surface area contributed by atoms with Crippen molar-refractivity contribution in [1.29, 1.82) is 0 Å². The van der Waals surface area contributed by atoms with E-state index in [-0.39, 0.29) is 5.91 Å². The molecule has 0 radical (unpaired) electrons. The molecule has 0 aliphatic rings. The molecular formula is C16H16Cl2N2O2. The van der Waals surface area contributed by atoms with Crippen molar-refractivity contribution in [1.82, 2.24) is 0 Å². The summed E-state index contributed by atoms with van der Waals surface area (Å²) in [5.74, 6) is 0.428. The van der Waals surface area contributed by atoms with E-state index in [0.29, 0.717) is 34.4 Å². The van der Waals surface area contributed by atoms with Crippen molar-refractivity contribution >= 4 is 40.5 Å². The molecule has 0 aromatic heterocycles. The van der Waals surface area contributed by atoms with E-state index in [1.165, 1.54) is 7.11 Å². The zero-order valence-corrected chi connectivity index (χ0v) is 13.5. The van der Waals surface area contributed by atoms with Gasteiger partial charge in [-0.3, -0.25) is 4.79 Å². The van der Waals surface area contributed by atoms with Crippen molar-refractivity contribution in [3.63, 3.8) is 0 Å². The van der Waals surface area contributed by atoms with Crippen molar-refractivity contribution in [2.24, 2.45) is 0 Å². The molecule has 2 aromatic carbocycles. The maximum absolute atomic E-state index is 12.0. The number of carbonyl (C=O) groups excluding carboxylic acids is 1. The number of para-hydroxylation sites is 1. The van der Waals surface area contributed by atoms with E-state index in [0.717, 1.165) is 5.69 Å². The number of carbonyl (C=O) groups is 1. The Bertz CT molecular complexity index is 662. The van der Waals surface area contributed by atoms with E-state index in [1.54, 1.807) is 24.3 Å². The van der Waals surface area contributed by atoms with Gasteiger partial charge in [0.25, 0.3) is 0 Å². The minimum atomic E-state index is -0.139. The molecule has 0 unspecified atom stereocenters. The molecule has 2 rings (SSSR count). The van der Waals surface area contributed by atoms with Crippen LogP contribution in [0.5, 0.6) is 5.75 Å². The number of benzene rings is 2. The van der Waals surface area contributed by atoms with Gasteiger partial charge >= 0.3 is 0 Å². The van der Waals surface area contributed by atoms with E-state index in [2.05, 4.69) is 10.6 Å². The molecule has 0 aliphatic heterocycles. The lowest BCUT2D eigenvalue weighted by Crippen LogP contribution is -2.16. The Morgan fingerprint density at radius 2 is 1.91 bits per heavy atom. The Hall–Kier alpha value is -1.91. The molecule has 4 nitrogen and oxygen atoms in total. The zero-order chi connectivity index (χ0) is 15.9. The third kappa shape index (κ3) is 4.55. The topological polar surface area (TPSA) is 50.4 Å². The first-order valence-electron chi connectivity index (χ1n) is 6.72. The van der Waals surface area contributed by atoms with Gasteiger partial charge in [0.2, 0.25) is 5.91 Å². The first-order chi connectivity index (χ1) is 10.6. The Kier molecular flexibility index (Phi) is 5.92. The predicted octanol–water partition coefficient (Wildman–Crippen LogP) is 4.44. The highest BCUT2D eigenvalue weighted by atomic mass is 35.5. The number of ether oxygens (including phenoxy) is 1. The van der Waals surface area contributed by atoms with Crippen molar-refractivity contribution in [3.8, 4) is 5.75 Å². The fourth-order valence-electron chi connectivity index (χ4n) is 1.91. The largest absolute Gasteiger partial charge is 0.495 e. The third-order valence-corrected chi connectivity index (χ3v) is 3.54. The maximum atomic E-state index is 12.0. The second kappa shape index (κ2) is 7.92. The molecule has 0 aliphatic carbocycles. The number of nitrogens with one attached hydrogen (secondary N) is 2. The van der Waals surface area contributed by atoms with Crippen molar-refractivity contribution in [2.75, 3.05) is 24.3 Å². The van der Waals surface area contributed by atoms with Crippen molar-refractivity contribution in [3.05, 3.63) is 52.5 Å². The zero-order valence-electron chi connectivity index (χ0n) is 12.0. The molecule has 0 saturated carbocycles. The first kappa shape index (κ1) is 16.5. The smallest absolute Gasteiger partial charge is 0.226 e. The van der Waals surface area contributed by atoms with Gasteiger partial charge in [0.15, 0.2) is 0 Å². The predicted molar refractivity (Wildman–Crippen MR) is 91.2 cm³/mol. The van der Waals surface area contributed by atoms with Crippen LogP contribution in [0.4, 0.5) is 11.4 Å². The number of hydrogen-bond donors (Lipinski definition) is 2. The molecule has 0 atom stereocenters. The minimum Gasteiger partial charge on any atom is -0.495 e. The van der Waals surface area contributed by atoms with Gasteiger partial charge < -0.3 is 15.4 Å². The molecule has 2 N–H and O–H groups in total. The van der Waals surface area contributed by atoms with Crippen LogP contribution in [0.2, 0.25) is 10.0 Å². The van der Waals surface area contributed by atoms with E-state index >= 15 is 0 Å². The van der Waals surface area contributed by atoms with Crippen molar-refractivity contribution in [2.45, 2.75) is 6.42 Å². The lowest BCUT2D eigenvalue weighted by Gasteiger charge is -2.11. The molecule has 0 heterocycles. The van der Waals surface area contributed by atoms with Gasteiger partial charge in [-0.05, 0) is 30.3 Å². The van der Waals surface area contributed by atoms with Gasteiger partial charge in [0, 0.05) is 18.0 Å². The Morgan fingerprint density at radius 3 is 2.64 bits per heavy atom. The molecule has 2 aromatic rings. The minimum absolute atomic E-state index is 0.139. The van der Waals surface area contributed by atoms with Crippen LogP contribution >= 0.6 is 23.2 Å². The quantitative estimate of drug-likeness (QED) is 0.818. The summed E-state index contributed by atoms with van der Waals surface area (Å²) >= 11 is 12.0. The molecule has 0 spiro atoms. The van der Waals surface area contributed by atoms with E-state index < -0.39 is 0 Å². The van der Waals surface area contributed by atoms with Gasteiger partial charge in [-0.1, -0.05) is 35.3 Å². The summed E-state index contributed by atoms with van der Waals surface area (Å²) in [5.41, 5.74) is 1.36. The van der Waals surface area contributed by atoms with Crippen LogP contribution in [-0.4, -0.2) is 19.6 Å². The highest BCUT2D eigenvalue weighted by molar-refractivity contribution is 6.33. The second-order valence-corrected chi connectivity index (χ2v) is 5.39. The highest BCUT2D eigenvalue weighted by Crippen LogP contribution is 2.27. The molecular weight excluding hydrogens is 323 g/mol. The monoisotopic (exact) mass is 338 g/mol. The summed E-state index contributed by atoms with van der Waals surface area (Å²) in [6.45, 7) is 0.471. The number of anilines is 2. The molecule has 0 bridgehead atoms. The van der Waals surface area contributed by atoms with Gasteiger partial charge in [0.05, 0.1) is 23.5 Å². The van der Waals surface area contributed by atoms with Crippen LogP contribution in [0, 0.1) is 0 Å². The summed E-state index contributed by atoms with van der Waals surface area (Å²) in [6.07, 6.45) is 0.293. The molecule has 116 valence electrons. The SMILES string of the molecule is COc1ccc(Cl)cc1NC(=O)CCNc1ccccc1Cl. The van der Waals surface area contributed by atoms with Crippen LogP contribution in [0.1, 0.15) is 6.42 Å². The number of amides is 1. The normalized spacial score (nSPS) is 10.1. The summed E-state index contributed by atoms with van der Waals surface area (Å²) in [4.78, 5) is 12.0. The van der Waals surface area contributed by atoms with Crippen LogP contribution in [0.25, 0.3) is 0 Å². The molecule has 0 saturated heterocycles. The second-order valence-electron chi connectivity index (χ2n) is 4.55. The van der Waals surface area contributed by atoms with Crippen LogP contribution in [-0.2, 0) is 4.79 Å². The standard InChI is InChI=1S/C16H16Cl2N2O2/c1-22-15-7-6-11(17)10-14(15)20-16(21)8-9-19-13-5-3-2-4-12(13)18/h2-7,10,19H,8-9H2,1H3,(H,20,21). The number of rotatable bonds is 6. The number of halogens is 2. The summed E-state index contributed by atoms with van der Waals surface area (Å²) in [7, 11) is 1.54. The van der Waals surface area contributed by atoms with Gasteiger partial charge in [-0.25, -0.2) is 0 Å². The molecule has 6 heteroatoms. The lowest BCUT2D eigenvalue weighted by molar-refractivity contribution is -0.115. The van der Waals surface area contributed by atoms with Crippen LogP contribution in [0.15, 0.2) is 42.5 Å². The average molecular weight is 339 g/mol. The maximum Gasteiger partial charge on any atom is 0.226 e. The summed E-state index contributed by atoms with van der Waals surface area (Å²) < 4.78 is 5.18. The van der Waals surface area contributed by atoms with Crippen LogP contribution < -0.4 is 15.4 Å². The Morgan fingerprint density at radius 1 is 1.14 bits per heavy atom. The Labute approximate surface area is 139 Å². The summed E-state index contributed by atoms with van der Waals surface area (Å²) in [6, 6.07) is 12.5. The highest BCUT2D eigenvalue weighted by Gasteiger charge is 2.08. The van der Waals surface area contributed by atoms with Gasteiger partial charge in [-0.2, -0.15) is 0 Å². The lowest BCUT2D eigenvalue weighted by atomic mass is 10.2. The molecule has 0 fully saturated rings. The fourth-order valence-corrected chi connectivity index (χ4v) is 2.28. The van der Waals surface area contributed by atoms with E-state index in [4.69, 9.17) is 27.9 Å². The molecule has 1 amide bonds. The molecule has 22 heavy (non-hydrogen) atoms.